The Balaban J connectivity index is 0.000000941. The van der Waals surface area contributed by atoms with E-state index in [1.807, 2.05) is 48.0 Å². The summed E-state index contributed by atoms with van der Waals surface area (Å²) in [6, 6.07) is 7.94. The van der Waals surface area contributed by atoms with Gasteiger partial charge in [0, 0.05) is 25.5 Å². The highest BCUT2D eigenvalue weighted by molar-refractivity contribution is 5.75. The van der Waals surface area contributed by atoms with Crippen molar-refractivity contribution in [1.82, 2.24) is 19.7 Å². The van der Waals surface area contributed by atoms with Crippen LogP contribution in [0.2, 0.25) is 0 Å². The number of aromatic amines is 1. The van der Waals surface area contributed by atoms with E-state index in [4.69, 9.17) is 11.5 Å². The highest BCUT2D eigenvalue weighted by Gasteiger charge is 2.07. The third-order valence-electron chi connectivity index (χ3n) is 3.99. The number of aliphatic imine (C=N–C) groups is 1. The molecule has 8 nitrogen and oxygen atoms in total. The molecule has 0 aliphatic carbocycles. The van der Waals surface area contributed by atoms with E-state index < -0.39 is 0 Å². The third-order valence-corrected chi connectivity index (χ3v) is 3.99. The quantitative estimate of drug-likeness (QED) is 0.276. The molecule has 0 saturated carbocycles. The molecule has 3 rings (SSSR count). The van der Waals surface area contributed by atoms with Crippen molar-refractivity contribution in [1.29, 1.82) is 0 Å². The Hall–Kier alpha value is -3.13. The van der Waals surface area contributed by atoms with Gasteiger partial charge >= 0.3 is 0 Å². The van der Waals surface area contributed by atoms with Gasteiger partial charge in [-0.15, -0.1) is 0 Å². The number of nitrogens with zero attached hydrogens (tertiary/aromatic N) is 3. The highest BCUT2D eigenvalue weighted by atomic mass is 16.1. The molecule has 0 amide bonds. The zero-order valence-corrected chi connectivity index (χ0v) is 17.4. The van der Waals surface area contributed by atoms with E-state index in [2.05, 4.69) is 34.1 Å². The molecule has 156 valence electrons. The molecule has 0 atom stereocenters. The van der Waals surface area contributed by atoms with Crippen molar-refractivity contribution in [2.45, 2.75) is 40.2 Å². The summed E-state index contributed by atoms with van der Waals surface area (Å²) in [5.74, 6) is 0.678. The van der Waals surface area contributed by atoms with Crippen molar-refractivity contribution in [3.63, 3.8) is 0 Å². The standard InChI is InChI=1S/C18H23N7O.C3H8/c1-12-10-25-11-15(16(26)24-18(25)23-12)14-5-3-13(4-6-14)9-21-7-2-8-22-17(19)20;1-3-2/h3-6,10-11,21H,2,7-9H2,1H3,(H4,19,20,22)(H,23,24,26);3H2,1-2H3. The number of aryl methyl sites for hydroxylation is 1. The van der Waals surface area contributed by atoms with Gasteiger partial charge in [0.2, 0.25) is 5.78 Å². The van der Waals surface area contributed by atoms with Crippen LogP contribution in [0.4, 0.5) is 0 Å². The van der Waals surface area contributed by atoms with Crippen molar-refractivity contribution in [3.8, 4) is 11.1 Å². The van der Waals surface area contributed by atoms with Crippen molar-refractivity contribution < 1.29 is 0 Å². The van der Waals surface area contributed by atoms with Crippen molar-refractivity contribution in [2.75, 3.05) is 13.1 Å². The largest absolute Gasteiger partial charge is 0.370 e. The van der Waals surface area contributed by atoms with Crippen molar-refractivity contribution >= 4 is 11.7 Å². The average Bonchev–Trinajstić information content (AvgIpc) is 3.03. The second-order valence-electron chi connectivity index (χ2n) is 6.85. The number of fused-ring (bicyclic) bond motifs is 1. The molecule has 0 bridgehead atoms. The van der Waals surface area contributed by atoms with Gasteiger partial charge in [-0.2, -0.15) is 0 Å². The SMILES string of the molecule is CCC.Cc1cn2cc(-c3ccc(CNCCCN=C(N)N)cc3)c(=O)[nH]c2n1. The lowest BCUT2D eigenvalue weighted by atomic mass is 10.1. The predicted molar refractivity (Wildman–Crippen MR) is 119 cm³/mol. The fourth-order valence-electron chi connectivity index (χ4n) is 2.73. The molecule has 0 aliphatic heterocycles. The minimum atomic E-state index is -0.145. The zero-order chi connectivity index (χ0) is 21.2. The van der Waals surface area contributed by atoms with E-state index in [0.717, 1.165) is 36.3 Å². The Morgan fingerprint density at radius 3 is 2.55 bits per heavy atom. The maximum atomic E-state index is 12.3. The van der Waals surface area contributed by atoms with Crippen molar-refractivity contribution in [2.24, 2.45) is 16.5 Å². The highest BCUT2D eigenvalue weighted by Crippen LogP contribution is 2.16. The molecule has 2 heterocycles. The summed E-state index contributed by atoms with van der Waals surface area (Å²) >= 11 is 0. The number of rotatable bonds is 7. The molecular formula is C21H31N7O. The third kappa shape index (κ3) is 6.76. The molecule has 0 fully saturated rings. The van der Waals surface area contributed by atoms with Crippen molar-refractivity contribution in [3.05, 3.63) is 58.3 Å². The van der Waals surface area contributed by atoms with Crippen LogP contribution in [0.15, 0.2) is 46.4 Å². The number of benzene rings is 1. The summed E-state index contributed by atoms with van der Waals surface area (Å²) in [5.41, 5.74) is 13.9. The molecule has 6 N–H and O–H groups in total. The Kier molecular flexibility index (Phi) is 8.42. The molecule has 0 spiro atoms. The summed E-state index contributed by atoms with van der Waals surface area (Å²) in [7, 11) is 0. The van der Waals surface area contributed by atoms with Gasteiger partial charge in [-0.1, -0.05) is 44.5 Å². The van der Waals surface area contributed by atoms with Crippen LogP contribution in [0.5, 0.6) is 0 Å². The molecule has 0 aliphatic rings. The Labute approximate surface area is 171 Å². The van der Waals surface area contributed by atoms with Gasteiger partial charge in [-0.3, -0.25) is 19.2 Å². The first-order chi connectivity index (χ1) is 13.9. The molecule has 8 heteroatoms. The van der Waals surface area contributed by atoms with Crippen LogP contribution in [0, 0.1) is 6.92 Å². The van der Waals surface area contributed by atoms with E-state index in [0.29, 0.717) is 17.9 Å². The molecule has 29 heavy (non-hydrogen) atoms. The molecule has 0 saturated heterocycles. The number of nitrogens with one attached hydrogen (secondary N) is 2. The molecule has 0 unspecified atom stereocenters. The summed E-state index contributed by atoms with van der Waals surface area (Å²) in [5, 5.41) is 3.34. The number of nitrogens with two attached hydrogens (primary N) is 2. The summed E-state index contributed by atoms with van der Waals surface area (Å²) in [6.07, 6.45) is 5.82. The minimum absolute atomic E-state index is 0.125. The number of H-pyrrole nitrogens is 1. The van der Waals surface area contributed by atoms with Crippen LogP contribution in [0.3, 0.4) is 0 Å². The van der Waals surface area contributed by atoms with E-state index in [1.54, 1.807) is 0 Å². The van der Waals surface area contributed by atoms with Crippen LogP contribution in [0.25, 0.3) is 16.9 Å². The fourth-order valence-corrected chi connectivity index (χ4v) is 2.73. The van der Waals surface area contributed by atoms with Crippen LogP contribution in [-0.4, -0.2) is 33.4 Å². The Morgan fingerprint density at radius 2 is 1.90 bits per heavy atom. The first-order valence-electron chi connectivity index (χ1n) is 9.88. The monoisotopic (exact) mass is 397 g/mol. The lowest BCUT2D eigenvalue weighted by molar-refractivity contribution is 0.655. The summed E-state index contributed by atoms with van der Waals surface area (Å²) < 4.78 is 1.83. The zero-order valence-electron chi connectivity index (χ0n) is 17.4. The summed E-state index contributed by atoms with van der Waals surface area (Å²) in [6.45, 7) is 8.34. The van der Waals surface area contributed by atoms with Gasteiger partial charge in [0.25, 0.3) is 5.56 Å². The Bertz CT molecular complexity index is 982. The lowest BCUT2D eigenvalue weighted by Gasteiger charge is -2.06. The number of aromatic nitrogens is 3. The van der Waals surface area contributed by atoms with Gasteiger partial charge in [0.15, 0.2) is 5.96 Å². The second-order valence-corrected chi connectivity index (χ2v) is 6.85. The number of guanidine groups is 1. The fraction of sp³-hybridized carbons (Fsp3) is 0.381. The van der Waals surface area contributed by atoms with E-state index in [1.165, 1.54) is 6.42 Å². The van der Waals surface area contributed by atoms with Gasteiger partial charge in [0.05, 0.1) is 11.3 Å². The predicted octanol–water partition coefficient (Wildman–Crippen LogP) is 2.17. The second kappa shape index (κ2) is 11.0. The Morgan fingerprint density at radius 1 is 1.21 bits per heavy atom. The first-order valence-corrected chi connectivity index (χ1v) is 9.88. The molecule has 0 radical (unpaired) electrons. The average molecular weight is 398 g/mol. The van der Waals surface area contributed by atoms with Gasteiger partial charge in [-0.25, -0.2) is 4.98 Å². The molecule has 1 aromatic carbocycles. The molecular weight excluding hydrogens is 366 g/mol. The molecule has 3 aromatic rings. The van der Waals surface area contributed by atoms with Crippen LogP contribution < -0.4 is 22.3 Å². The maximum absolute atomic E-state index is 12.3. The normalized spacial score (nSPS) is 10.4. The van der Waals surface area contributed by atoms with Crippen LogP contribution in [-0.2, 0) is 6.54 Å². The van der Waals surface area contributed by atoms with Gasteiger partial charge in [0.1, 0.15) is 0 Å². The number of hydrogen-bond donors (Lipinski definition) is 4. The summed E-state index contributed by atoms with van der Waals surface area (Å²) in [4.78, 5) is 23.3. The first kappa shape index (κ1) is 22.2. The van der Waals surface area contributed by atoms with Gasteiger partial charge in [-0.05, 0) is 31.0 Å². The maximum Gasteiger partial charge on any atom is 0.260 e. The lowest BCUT2D eigenvalue weighted by Crippen LogP contribution is -2.23. The van der Waals surface area contributed by atoms with E-state index in [-0.39, 0.29) is 11.5 Å². The number of hydrogen-bond acceptors (Lipinski definition) is 4. The topological polar surface area (TPSA) is 127 Å². The minimum Gasteiger partial charge on any atom is -0.370 e. The van der Waals surface area contributed by atoms with Crippen LogP contribution in [0.1, 0.15) is 37.9 Å². The van der Waals surface area contributed by atoms with Crippen LogP contribution >= 0.6 is 0 Å². The van der Waals surface area contributed by atoms with E-state index in [9.17, 15) is 4.79 Å². The molecule has 2 aromatic heterocycles. The smallest absolute Gasteiger partial charge is 0.260 e. The van der Waals surface area contributed by atoms with Gasteiger partial charge < -0.3 is 16.8 Å². The van der Waals surface area contributed by atoms with E-state index >= 15 is 0 Å². The number of imidazole rings is 1.